The van der Waals surface area contributed by atoms with Gasteiger partial charge >= 0.3 is 0 Å². The lowest BCUT2D eigenvalue weighted by Gasteiger charge is -2.16. The maximum atomic E-state index is 11.6. The molecule has 1 atom stereocenters. The molecule has 1 saturated carbocycles. The van der Waals surface area contributed by atoms with Crippen LogP contribution in [0.3, 0.4) is 0 Å². The number of carbonyl (C=O) groups excluding carboxylic acids is 1. The third kappa shape index (κ3) is 3.84. The van der Waals surface area contributed by atoms with E-state index in [4.69, 9.17) is 0 Å². The average molecular weight is 234 g/mol. The molecular weight excluding hydrogens is 216 g/mol. The molecule has 92 valence electrons. The molecular formula is C13H18N2O2. The van der Waals surface area contributed by atoms with Crippen LogP contribution in [-0.4, -0.2) is 30.2 Å². The van der Waals surface area contributed by atoms with Gasteiger partial charge in [0.25, 0.3) is 0 Å². The predicted octanol–water partition coefficient (Wildman–Crippen LogP) is 0.588. The lowest BCUT2D eigenvalue weighted by Crippen LogP contribution is -2.38. The Morgan fingerprint density at radius 2 is 2.06 bits per heavy atom. The van der Waals surface area contributed by atoms with Crippen LogP contribution in [0.2, 0.25) is 0 Å². The van der Waals surface area contributed by atoms with Crippen molar-refractivity contribution in [1.82, 2.24) is 10.6 Å². The van der Waals surface area contributed by atoms with E-state index in [0.29, 0.717) is 12.6 Å². The Labute approximate surface area is 101 Å². The summed E-state index contributed by atoms with van der Waals surface area (Å²) < 4.78 is 0. The molecule has 1 fully saturated rings. The molecule has 1 aliphatic rings. The minimum absolute atomic E-state index is 0.0696. The fourth-order valence-electron chi connectivity index (χ4n) is 1.69. The molecule has 0 heterocycles. The zero-order chi connectivity index (χ0) is 12.1. The van der Waals surface area contributed by atoms with Gasteiger partial charge in [0.2, 0.25) is 5.91 Å². The molecule has 1 aromatic rings. The van der Waals surface area contributed by atoms with Gasteiger partial charge in [0.1, 0.15) is 0 Å². The second kappa shape index (κ2) is 5.80. The first-order valence-corrected chi connectivity index (χ1v) is 5.98. The Balaban J connectivity index is 1.83. The van der Waals surface area contributed by atoms with E-state index in [0.717, 1.165) is 18.4 Å². The van der Waals surface area contributed by atoms with E-state index in [2.05, 4.69) is 10.6 Å². The molecule has 4 heteroatoms. The molecule has 1 aromatic carbocycles. The minimum Gasteiger partial charge on any atom is -0.394 e. The van der Waals surface area contributed by atoms with E-state index >= 15 is 0 Å². The number of amides is 1. The van der Waals surface area contributed by atoms with E-state index < -0.39 is 0 Å². The molecule has 1 aliphatic carbocycles. The van der Waals surface area contributed by atoms with Crippen LogP contribution in [0.4, 0.5) is 0 Å². The summed E-state index contributed by atoms with van der Waals surface area (Å²) in [4.78, 5) is 11.6. The van der Waals surface area contributed by atoms with E-state index in [1.54, 1.807) is 0 Å². The molecule has 17 heavy (non-hydrogen) atoms. The van der Waals surface area contributed by atoms with E-state index in [1.807, 2.05) is 30.3 Å². The first-order valence-electron chi connectivity index (χ1n) is 5.98. The number of aliphatic hydroxyl groups excluding tert-OH is 1. The predicted molar refractivity (Wildman–Crippen MR) is 65.4 cm³/mol. The number of hydrogen-bond donors (Lipinski definition) is 3. The first-order chi connectivity index (χ1) is 8.29. The molecule has 3 N–H and O–H groups in total. The van der Waals surface area contributed by atoms with Gasteiger partial charge in [-0.3, -0.25) is 4.79 Å². The van der Waals surface area contributed by atoms with Crippen molar-refractivity contribution in [1.29, 1.82) is 0 Å². The maximum Gasteiger partial charge on any atom is 0.234 e. The summed E-state index contributed by atoms with van der Waals surface area (Å²) in [7, 11) is 0. The Hall–Kier alpha value is -1.39. The smallest absolute Gasteiger partial charge is 0.234 e. The fraction of sp³-hybridized carbons (Fsp3) is 0.462. The van der Waals surface area contributed by atoms with Crippen molar-refractivity contribution in [2.24, 2.45) is 0 Å². The second-order valence-corrected chi connectivity index (χ2v) is 4.37. The van der Waals surface area contributed by atoms with Gasteiger partial charge in [0.15, 0.2) is 0 Å². The molecule has 1 amide bonds. The first kappa shape index (κ1) is 12.1. The Morgan fingerprint density at radius 3 is 2.65 bits per heavy atom. The lowest BCUT2D eigenvalue weighted by molar-refractivity contribution is -0.121. The molecule has 4 nitrogen and oxygen atoms in total. The van der Waals surface area contributed by atoms with Gasteiger partial charge in [0, 0.05) is 6.04 Å². The molecule has 0 bridgehead atoms. The van der Waals surface area contributed by atoms with Crippen molar-refractivity contribution in [3.63, 3.8) is 0 Å². The van der Waals surface area contributed by atoms with Crippen molar-refractivity contribution in [3.8, 4) is 0 Å². The number of aliphatic hydroxyl groups is 1. The molecule has 0 saturated heterocycles. The molecule has 0 spiro atoms. The van der Waals surface area contributed by atoms with Crippen molar-refractivity contribution in [2.45, 2.75) is 24.9 Å². The monoisotopic (exact) mass is 234 g/mol. The van der Waals surface area contributed by atoms with Crippen LogP contribution >= 0.6 is 0 Å². The summed E-state index contributed by atoms with van der Waals surface area (Å²) in [6, 6.07) is 9.70. The highest BCUT2D eigenvalue weighted by atomic mass is 16.3. The van der Waals surface area contributed by atoms with E-state index in [1.165, 1.54) is 0 Å². The molecule has 0 aliphatic heterocycles. The second-order valence-electron chi connectivity index (χ2n) is 4.37. The summed E-state index contributed by atoms with van der Waals surface area (Å²) >= 11 is 0. The number of rotatable bonds is 6. The van der Waals surface area contributed by atoms with Crippen molar-refractivity contribution in [2.75, 3.05) is 13.2 Å². The highest BCUT2D eigenvalue weighted by molar-refractivity contribution is 5.78. The fourth-order valence-corrected chi connectivity index (χ4v) is 1.69. The van der Waals surface area contributed by atoms with Crippen molar-refractivity contribution in [3.05, 3.63) is 35.9 Å². The van der Waals surface area contributed by atoms with Gasteiger partial charge in [-0.15, -0.1) is 0 Å². The van der Waals surface area contributed by atoms with E-state index in [9.17, 15) is 9.90 Å². The Bertz CT molecular complexity index is 363. The van der Waals surface area contributed by atoms with Gasteiger partial charge in [-0.25, -0.2) is 0 Å². The number of nitrogens with one attached hydrogen (secondary N) is 2. The van der Waals surface area contributed by atoms with Crippen LogP contribution in [0.5, 0.6) is 0 Å². The molecule has 0 aromatic heterocycles. The summed E-state index contributed by atoms with van der Waals surface area (Å²) in [6.45, 7) is 0.243. The van der Waals surface area contributed by atoms with Crippen LogP contribution in [-0.2, 0) is 4.79 Å². The highest BCUT2D eigenvalue weighted by Crippen LogP contribution is 2.18. The van der Waals surface area contributed by atoms with Gasteiger partial charge < -0.3 is 15.7 Å². The number of carbonyl (C=O) groups is 1. The summed E-state index contributed by atoms with van der Waals surface area (Å²) in [6.07, 6.45) is 2.32. The normalized spacial score (nSPS) is 16.5. The van der Waals surface area contributed by atoms with Crippen LogP contribution in [0.1, 0.15) is 24.4 Å². The van der Waals surface area contributed by atoms with Crippen molar-refractivity contribution < 1.29 is 9.90 Å². The topological polar surface area (TPSA) is 61.4 Å². The maximum absolute atomic E-state index is 11.6. The van der Waals surface area contributed by atoms with Crippen LogP contribution in [0.25, 0.3) is 0 Å². The third-order valence-electron chi connectivity index (χ3n) is 2.85. The van der Waals surface area contributed by atoms with Gasteiger partial charge in [-0.1, -0.05) is 30.3 Å². The summed E-state index contributed by atoms with van der Waals surface area (Å²) in [5.41, 5.74) is 0.926. The SMILES string of the molecule is O=C(CNC1CC1)N[C@@H](CO)c1ccccc1. The summed E-state index contributed by atoms with van der Waals surface area (Å²) in [5, 5.41) is 15.2. The van der Waals surface area contributed by atoms with Gasteiger partial charge in [0.05, 0.1) is 19.2 Å². The Morgan fingerprint density at radius 1 is 1.35 bits per heavy atom. The standard InChI is InChI=1S/C13H18N2O2/c16-9-12(10-4-2-1-3-5-10)15-13(17)8-14-11-6-7-11/h1-5,11-12,14,16H,6-9H2,(H,15,17)/t12-/m0/s1. The number of hydrogen-bond acceptors (Lipinski definition) is 3. The van der Waals surface area contributed by atoms with Gasteiger partial charge in [-0.2, -0.15) is 0 Å². The highest BCUT2D eigenvalue weighted by Gasteiger charge is 2.21. The average Bonchev–Trinajstić information content (AvgIpc) is 3.18. The Kier molecular flexibility index (Phi) is 4.12. The zero-order valence-corrected chi connectivity index (χ0v) is 9.73. The molecule has 0 unspecified atom stereocenters. The van der Waals surface area contributed by atoms with Gasteiger partial charge in [-0.05, 0) is 18.4 Å². The quantitative estimate of drug-likeness (QED) is 0.675. The van der Waals surface area contributed by atoms with Crippen LogP contribution < -0.4 is 10.6 Å². The molecule has 0 radical (unpaired) electrons. The molecule has 2 rings (SSSR count). The zero-order valence-electron chi connectivity index (χ0n) is 9.73. The number of benzene rings is 1. The largest absolute Gasteiger partial charge is 0.394 e. The lowest BCUT2D eigenvalue weighted by atomic mass is 10.1. The van der Waals surface area contributed by atoms with Crippen molar-refractivity contribution >= 4 is 5.91 Å². The third-order valence-corrected chi connectivity index (χ3v) is 2.85. The van der Waals surface area contributed by atoms with Crippen LogP contribution in [0, 0.1) is 0 Å². The van der Waals surface area contributed by atoms with E-state index in [-0.39, 0.29) is 18.6 Å². The minimum atomic E-state index is -0.315. The van der Waals surface area contributed by atoms with Crippen LogP contribution in [0.15, 0.2) is 30.3 Å². The summed E-state index contributed by atoms with van der Waals surface area (Å²) in [5.74, 6) is -0.0696.